The van der Waals surface area contributed by atoms with Crippen LogP contribution in [0.2, 0.25) is 0 Å². The molecule has 5 heteroatoms. The summed E-state index contributed by atoms with van der Waals surface area (Å²) in [6.45, 7) is 6.13. The van der Waals surface area contributed by atoms with Crippen LogP contribution >= 0.6 is 0 Å². The Hall–Kier alpha value is -1.91. The zero-order valence-corrected chi connectivity index (χ0v) is 12.7. The van der Waals surface area contributed by atoms with Crippen LogP contribution in [0.1, 0.15) is 44.0 Å². The van der Waals surface area contributed by atoms with Crippen LogP contribution in [-0.4, -0.2) is 24.5 Å². The third kappa shape index (κ3) is 5.94. The normalized spacial score (nSPS) is 12.0. The molecule has 1 atom stereocenters. The highest BCUT2D eigenvalue weighted by molar-refractivity contribution is 5.96. The molecule has 0 fully saturated rings. The van der Waals surface area contributed by atoms with Crippen molar-refractivity contribution in [3.8, 4) is 0 Å². The molecule has 21 heavy (non-hydrogen) atoms. The summed E-state index contributed by atoms with van der Waals surface area (Å²) < 4.78 is 18.2. The third-order valence-corrected chi connectivity index (χ3v) is 2.83. The average Bonchev–Trinajstić information content (AvgIpc) is 2.43. The maximum absolute atomic E-state index is 13.1. The van der Waals surface area contributed by atoms with Gasteiger partial charge in [0, 0.05) is 5.56 Å². The molecule has 0 aliphatic rings. The lowest BCUT2D eigenvalue weighted by molar-refractivity contribution is -0.146. The van der Waals surface area contributed by atoms with E-state index < -0.39 is 23.7 Å². The summed E-state index contributed by atoms with van der Waals surface area (Å²) in [5.41, 5.74) is 0.187. The second-order valence-corrected chi connectivity index (χ2v) is 5.33. The van der Waals surface area contributed by atoms with Crippen molar-refractivity contribution < 1.29 is 18.7 Å². The maximum Gasteiger partial charge on any atom is 0.328 e. The van der Waals surface area contributed by atoms with Crippen LogP contribution in [0, 0.1) is 11.7 Å². The maximum atomic E-state index is 13.1. The van der Waals surface area contributed by atoms with Crippen molar-refractivity contribution in [3.63, 3.8) is 0 Å². The number of hydrogen-bond acceptors (Lipinski definition) is 3. The second-order valence-electron chi connectivity index (χ2n) is 5.33. The molecule has 1 N–H and O–H groups in total. The van der Waals surface area contributed by atoms with Gasteiger partial charge in [0.2, 0.25) is 0 Å². The van der Waals surface area contributed by atoms with Crippen LogP contribution in [-0.2, 0) is 9.53 Å². The lowest BCUT2D eigenvalue weighted by Gasteiger charge is -2.19. The van der Waals surface area contributed by atoms with Gasteiger partial charge in [0.05, 0.1) is 6.61 Å². The van der Waals surface area contributed by atoms with Crippen LogP contribution in [0.3, 0.4) is 0 Å². The molecule has 0 aliphatic heterocycles. The summed E-state index contributed by atoms with van der Waals surface area (Å²) in [6, 6.07) is 4.64. The van der Waals surface area contributed by atoms with Gasteiger partial charge in [0.15, 0.2) is 0 Å². The molecule has 4 nitrogen and oxygen atoms in total. The fourth-order valence-corrected chi connectivity index (χ4v) is 1.86. The van der Waals surface area contributed by atoms with Gasteiger partial charge in [-0.15, -0.1) is 0 Å². The fourth-order valence-electron chi connectivity index (χ4n) is 1.86. The van der Waals surface area contributed by atoms with Crippen molar-refractivity contribution in [2.45, 2.75) is 39.7 Å². The Morgan fingerprint density at radius 1 is 1.33 bits per heavy atom. The number of hydrogen-bond donors (Lipinski definition) is 1. The van der Waals surface area contributed by atoms with E-state index in [9.17, 15) is 14.0 Å². The summed E-state index contributed by atoms with van der Waals surface area (Å²) in [5.74, 6) is -1.20. The van der Waals surface area contributed by atoms with Gasteiger partial charge in [0.25, 0.3) is 5.91 Å². The Labute approximate surface area is 124 Å². The number of benzene rings is 1. The predicted molar refractivity (Wildman–Crippen MR) is 78.4 cm³/mol. The molecule has 1 unspecified atom stereocenters. The van der Waals surface area contributed by atoms with Gasteiger partial charge >= 0.3 is 5.97 Å². The minimum absolute atomic E-state index is 0.187. The van der Waals surface area contributed by atoms with Crippen LogP contribution in [0.15, 0.2) is 24.3 Å². The summed E-state index contributed by atoms with van der Waals surface area (Å²) in [7, 11) is 0. The Morgan fingerprint density at radius 2 is 2.05 bits per heavy atom. The highest BCUT2D eigenvalue weighted by atomic mass is 19.1. The molecule has 116 valence electrons. The number of nitrogens with one attached hydrogen (secondary N) is 1. The monoisotopic (exact) mass is 295 g/mol. The topological polar surface area (TPSA) is 55.4 Å². The number of carbonyl (C=O) groups excluding carboxylic acids is 2. The number of amides is 1. The molecular weight excluding hydrogens is 273 g/mol. The Kier molecular flexibility index (Phi) is 6.85. The van der Waals surface area contributed by atoms with E-state index in [1.54, 1.807) is 0 Å². The summed E-state index contributed by atoms with van der Waals surface area (Å²) in [5, 5.41) is 2.62. The highest BCUT2D eigenvalue weighted by Crippen LogP contribution is 2.09. The average molecular weight is 295 g/mol. The minimum atomic E-state index is -0.715. The smallest absolute Gasteiger partial charge is 0.328 e. The van der Waals surface area contributed by atoms with Crippen molar-refractivity contribution in [1.29, 1.82) is 0 Å². The van der Waals surface area contributed by atoms with Crippen molar-refractivity contribution >= 4 is 11.9 Å². The first kappa shape index (κ1) is 17.1. The Morgan fingerprint density at radius 3 is 2.62 bits per heavy atom. The molecular formula is C16H22FNO3. The van der Waals surface area contributed by atoms with Gasteiger partial charge in [-0.1, -0.05) is 26.8 Å². The molecule has 1 amide bonds. The van der Waals surface area contributed by atoms with Gasteiger partial charge < -0.3 is 10.1 Å². The highest BCUT2D eigenvalue weighted by Gasteiger charge is 2.23. The molecule has 0 bridgehead atoms. The van der Waals surface area contributed by atoms with Crippen molar-refractivity contribution in [2.24, 2.45) is 5.92 Å². The quantitative estimate of drug-likeness (QED) is 0.787. The number of rotatable bonds is 7. The van der Waals surface area contributed by atoms with E-state index in [4.69, 9.17) is 4.74 Å². The SMILES string of the molecule is CCCOC(=O)C(CC(C)C)NC(=O)c1cccc(F)c1. The first-order valence-electron chi connectivity index (χ1n) is 7.17. The molecule has 0 aliphatic carbocycles. The molecule has 0 radical (unpaired) electrons. The zero-order chi connectivity index (χ0) is 15.8. The summed E-state index contributed by atoms with van der Waals surface area (Å²) in [6.07, 6.45) is 1.20. The summed E-state index contributed by atoms with van der Waals surface area (Å²) >= 11 is 0. The summed E-state index contributed by atoms with van der Waals surface area (Å²) in [4.78, 5) is 24.0. The molecule has 0 saturated heterocycles. The van der Waals surface area contributed by atoms with E-state index in [1.165, 1.54) is 18.2 Å². The van der Waals surface area contributed by atoms with E-state index in [0.717, 1.165) is 12.5 Å². The van der Waals surface area contributed by atoms with Crippen LogP contribution in [0.5, 0.6) is 0 Å². The number of esters is 1. The van der Waals surface area contributed by atoms with Gasteiger partial charge in [-0.25, -0.2) is 9.18 Å². The zero-order valence-electron chi connectivity index (χ0n) is 12.7. The van der Waals surface area contributed by atoms with Crippen LogP contribution in [0.25, 0.3) is 0 Å². The molecule has 0 saturated carbocycles. The van der Waals surface area contributed by atoms with E-state index in [2.05, 4.69) is 5.32 Å². The molecule has 0 spiro atoms. The molecule has 0 aromatic heterocycles. The fraction of sp³-hybridized carbons (Fsp3) is 0.500. The van der Waals surface area contributed by atoms with Gasteiger partial charge in [0.1, 0.15) is 11.9 Å². The predicted octanol–water partition coefficient (Wildman–Crippen LogP) is 2.92. The molecule has 1 aromatic rings. The largest absolute Gasteiger partial charge is 0.464 e. The van der Waals surface area contributed by atoms with Gasteiger partial charge in [-0.2, -0.15) is 0 Å². The van der Waals surface area contributed by atoms with E-state index in [1.807, 2.05) is 20.8 Å². The lowest BCUT2D eigenvalue weighted by Crippen LogP contribution is -2.42. The van der Waals surface area contributed by atoms with E-state index in [0.29, 0.717) is 13.0 Å². The van der Waals surface area contributed by atoms with E-state index >= 15 is 0 Å². The molecule has 1 aromatic carbocycles. The van der Waals surface area contributed by atoms with Crippen LogP contribution < -0.4 is 5.32 Å². The van der Waals surface area contributed by atoms with Gasteiger partial charge in [-0.05, 0) is 37.0 Å². The number of ether oxygens (including phenoxy) is 1. The van der Waals surface area contributed by atoms with E-state index in [-0.39, 0.29) is 11.5 Å². The minimum Gasteiger partial charge on any atom is -0.464 e. The lowest BCUT2D eigenvalue weighted by atomic mass is 10.0. The number of carbonyl (C=O) groups is 2. The molecule has 0 heterocycles. The molecule has 1 rings (SSSR count). The first-order valence-corrected chi connectivity index (χ1v) is 7.17. The van der Waals surface area contributed by atoms with Crippen molar-refractivity contribution in [3.05, 3.63) is 35.6 Å². The van der Waals surface area contributed by atoms with Crippen LogP contribution in [0.4, 0.5) is 4.39 Å². The Bertz CT molecular complexity index is 488. The van der Waals surface area contributed by atoms with Crippen molar-refractivity contribution in [1.82, 2.24) is 5.32 Å². The number of halogens is 1. The second kappa shape index (κ2) is 8.39. The van der Waals surface area contributed by atoms with Gasteiger partial charge in [-0.3, -0.25) is 4.79 Å². The third-order valence-electron chi connectivity index (χ3n) is 2.83. The standard InChI is InChI=1S/C16H22FNO3/c1-4-8-21-16(20)14(9-11(2)3)18-15(19)12-6-5-7-13(17)10-12/h5-7,10-11,14H,4,8-9H2,1-3H3,(H,18,19). The van der Waals surface area contributed by atoms with Crippen molar-refractivity contribution in [2.75, 3.05) is 6.61 Å². The Balaban J connectivity index is 2.75. The first-order chi connectivity index (χ1) is 9.93.